The van der Waals surface area contributed by atoms with E-state index in [0.29, 0.717) is 22.9 Å². The summed E-state index contributed by atoms with van der Waals surface area (Å²) in [7, 11) is 0. The second-order valence-electron chi connectivity index (χ2n) is 5.51. The number of aromatic nitrogens is 1. The first kappa shape index (κ1) is 17.2. The van der Waals surface area contributed by atoms with Crippen molar-refractivity contribution in [1.29, 1.82) is 0 Å². The smallest absolute Gasteiger partial charge is 0.277 e. The van der Waals surface area contributed by atoms with Gasteiger partial charge in [-0.15, -0.1) is 0 Å². The summed E-state index contributed by atoms with van der Waals surface area (Å²) in [5, 5.41) is 9.09. The molecular formula is C19H17N3O4. The molecule has 0 radical (unpaired) electrons. The molecule has 26 heavy (non-hydrogen) atoms. The van der Waals surface area contributed by atoms with Gasteiger partial charge in [0.2, 0.25) is 0 Å². The zero-order valence-corrected chi connectivity index (χ0v) is 14.1. The quantitative estimate of drug-likeness (QED) is 0.711. The Kier molecular flexibility index (Phi) is 5.28. The van der Waals surface area contributed by atoms with E-state index in [1.54, 1.807) is 49.4 Å². The number of ether oxygens (including phenoxy) is 1. The molecule has 0 saturated carbocycles. The number of nitrogens with zero attached hydrogens (tertiary/aromatic N) is 1. The number of benzene rings is 2. The Morgan fingerprint density at radius 3 is 2.50 bits per heavy atom. The number of anilines is 2. The number of hydrogen-bond donors (Lipinski definition) is 2. The van der Waals surface area contributed by atoms with Crippen molar-refractivity contribution in [2.45, 2.75) is 6.92 Å². The number of carbonyl (C=O) groups is 2. The summed E-state index contributed by atoms with van der Waals surface area (Å²) in [4.78, 5) is 24.0. The molecule has 132 valence electrons. The highest BCUT2D eigenvalue weighted by Crippen LogP contribution is 2.18. The molecule has 0 saturated heterocycles. The van der Waals surface area contributed by atoms with Crippen molar-refractivity contribution in [2.75, 3.05) is 17.2 Å². The molecule has 3 rings (SSSR count). The molecule has 3 aromatic rings. The van der Waals surface area contributed by atoms with Crippen LogP contribution >= 0.6 is 0 Å². The van der Waals surface area contributed by atoms with E-state index in [-0.39, 0.29) is 24.1 Å². The molecular weight excluding hydrogens is 334 g/mol. The van der Waals surface area contributed by atoms with Crippen LogP contribution in [0.2, 0.25) is 0 Å². The minimum atomic E-state index is -0.388. The number of rotatable bonds is 6. The van der Waals surface area contributed by atoms with Gasteiger partial charge in [-0.05, 0) is 31.2 Å². The van der Waals surface area contributed by atoms with E-state index in [2.05, 4.69) is 15.8 Å². The van der Waals surface area contributed by atoms with Crippen LogP contribution in [0.4, 0.5) is 11.4 Å². The maximum absolute atomic E-state index is 12.1. The summed E-state index contributed by atoms with van der Waals surface area (Å²) >= 11 is 0. The molecule has 0 fully saturated rings. The molecule has 7 heteroatoms. The predicted molar refractivity (Wildman–Crippen MR) is 96.2 cm³/mol. The molecule has 2 amide bonds. The monoisotopic (exact) mass is 351 g/mol. The van der Waals surface area contributed by atoms with E-state index in [0.717, 1.165) is 0 Å². The minimum Gasteiger partial charge on any atom is -0.484 e. The molecule has 0 aliphatic heterocycles. The van der Waals surface area contributed by atoms with Gasteiger partial charge in [0.25, 0.3) is 11.8 Å². The maximum Gasteiger partial charge on any atom is 0.277 e. The van der Waals surface area contributed by atoms with Crippen molar-refractivity contribution in [1.82, 2.24) is 5.16 Å². The Hall–Kier alpha value is -3.61. The molecule has 0 bridgehead atoms. The lowest BCUT2D eigenvalue weighted by Crippen LogP contribution is -2.20. The van der Waals surface area contributed by atoms with Crippen molar-refractivity contribution < 1.29 is 18.8 Å². The van der Waals surface area contributed by atoms with E-state index in [9.17, 15) is 9.59 Å². The second kappa shape index (κ2) is 7.98. The van der Waals surface area contributed by atoms with Crippen LogP contribution in [0.25, 0.3) is 0 Å². The Bertz CT molecular complexity index is 906. The van der Waals surface area contributed by atoms with Gasteiger partial charge in [0.15, 0.2) is 12.3 Å². The van der Waals surface area contributed by atoms with Crippen LogP contribution in [-0.2, 0) is 4.79 Å². The fourth-order valence-corrected chi connectivity index (χ4v) is 2.20. The Morgan fingerprint density at radius 1 is 1.00 bits per heavy atom. The molecule has 0 aliphatic carbocycles. The third-order valence-electron chi connectivity index (χ3n) is 3.38. The fourth-order valence-electron chi connectivity index (χ4n) is 2.20. The number of aryl methyl sites for hydroxylation is 1. The highest BCUT2D eigenvalue weighted by molar-refractivity contribution is 6.02. The first-order chi connectivity index (χ1) is 12.6. The van der Waals surface area contributed by atoms with Crippen molar-refractivity contribution in [2.24, 2.45) is 0 Å². The van der Waals surface area contributed by atoms with Gasteiger partial charge in [-0.25, -0.2) is 0 Å². The Labute approximate surface area is 150 Å². The summed E-state index contributed by atoms with van der Waals surface area (Å²) in [6.45, 7) is 1.56. The molecule has 0 aliphatic rings. The Morgan fingerprint density at radius 2 is 1.77 bits per heavy atom. The van der Waals surface area contributed by atoms with E-state index in [4.69, 9.17) is 9.26 Å². The van der Waals surface area contributed by atoms with Gasteiger partial charge in [-0.2, -0.15) is 0 Å². The van der Waals surface area contributed by atoms with Crippen molar-refractivity contribution >= 4 is 23.2 Å². The van der Waals surface area contributed by atoms with E-state index in [1.165, 1.54) is 0 Å². The number of para-hydroxylation sites is 1. The van der Waals surface area contributed by atoms with E-state index >= 15 is 0 Å². The highest BCUT2D eigenvalue weighted by atomic mass is 16.5. The normalized spacial score (nSPS) is 10.2. The summed E-state index contributed by atoms with van der Waals surface area (Å²) in [6.07, 6.45) is 0. The van der Waals surface area contributed by atoms with Crippen molar-refractivity contribution in [3.8, 4) is 5.75 Å². The third-order valence-corrected chi connectivity index (χ3v) is 3.38. The van der Waals surface area contributed by atoms with Crippen molar-refractivity contribution in [3.05, 3.63) is 72.1 Å². The molecule has 0 unspecified atom stereocenters. The van der Waals surface area contributed by atoms with Gasteiger partial charge in [0.05, 0.1) is 0 Å². The third kappa shape index (κ3) is 4.70. The lowest BCUT2D eigenvalue weighted by Gasteiger charge is -2.09. The maximum atomic E-state index is 12.1. The first-order valence-corrected chi connectivity index (χ1v) is 7.92. The van der Waals surface area contributed by atoms with Crippen molar-refractivity contribution in [3.63, 3.8) is 0 Å². The summed E-state index contributed by atoms with van der Waals surface area (Å²) in [5.74, 6) is 0.350. The standard InChI is InChI=1S/C19H17N3O4/c1-13-10-17(22-26-13)19(24)21-15-8-5-9-16(11-15)25-12-18(23)20-14-6-3-2-4-7-14/h2-11H,12H2,1H3,(H,20,23)(H,21,24). The lowest BCUT2D eigenvalue weighted by molar-refractivity contribution is -0.118. The minimum absolute atomic E-state index is 0.144. The van der Waals surface area contributed by atoms with Crippen LogP contribution in [0, 0.1) is 6.92 Å². The Balaban J connectivity index is 1.55. The molecule has 2 N–H and O–H groups in total. The van der Waals surface area contributed by atoms with Gasteiger partial charge < -0.3 is 19.9 Å². The first-order valence-electron chi connectivity index (χ1n) is 7.92. The van der Waals surface area contributed by atoms with Crippen LogP contribution in [0.5, 0.6) is 5.75 Å². The summed E-state index contributed by atoms with van der Waals surface area (Å²) < 4.78 is 10.4. The lowest BCUT2D eigenvalue weighted by atomic mass is 10.3. The molecule has 0 spiro atoms. The summed E-state index contributed by atoms with van der Waals surface area (Å²) in [6, 6.07) is 17.4. The summed E-state index contributed by atoms with van der Waals surface area (Å²) in [5.41, 5.74) is 1.41. The molecule has 7 nitrogen and oxygen atoms in total. The number of hydrogen-bond acceptors (Lipinski definition) is 5. The van der Waals surface area contributed by atoms with Crippen LogP contribution in [-0.4, -0.2) is 23.6 Å². The molecule has 1 aromatic heterocycles. The van der Waals surface area contributed by atoms with Crippen LogP contribution < -0.4 is 15.4 Å². The largest absolute Gasteiger partial charge is 0.484 e. The number of amides is 2. The number of carbonyl (C=O) groups excluding carboxylic acids is 2. The van der Waals surface area contributed by atoms with Crippen LogP contribution in [0.15, 0.2) is 65.2 Å². The molecule has 0 atom stereocenters. The zero-order valence-electron chi connectivity index (χ0n) is 14.1. The zero-order chi connectivity index (χ0) is 18.4. The van der Waals surface area contributed by atoms with Gasteiger partial charge in [0, 0.05) is 23.5 Å². The molecule has 2 aromatic carbocycles. The average Bonchev–Trinajstić information content (AvgIpc) is 3.08. The highest BCUT2D eigenvalue weighted by Gasteiger charge is 2.11. The second-order valence-corrected chi connectivity index (χ2v) is 5.51. The fraction of sp³-hybridized carbons (Fsp3) is 0.105. The topological polar surface area (TPSA) is 93.5 Å². The van der Waals surface area contributed by atoms with E-state index < -0.39 is 0 Å². The predicted octanol–water partition coefficient (Wildman–Crippen LogP) is 3.25. The van der Waals surface area contributed by atoms with Gasteiger partial charge in [0.1, 0.15) is 11.5 Å². The van der Waals surface area contributed by atoms with Gasteiger partial charge in [-0.3, -0.25) is 9.59 Å². The average molecular weight is 351 g/mol. The number of nitrogens with one attached hydrogen (secondary N) is 2. The van der Waals surface area contributed by atoms with Crippen LogP contribution in [0.1, 0.15) is 16.2 Å². The van der Waals surface area contributed by atoms with Gasteiger partial charge >= 0.3 is 0 Å². The van der Waals surface area contributed by atoms with E-state index in [1.807, 2.05) is 18.2 Å². The van der Waals surface area contributed by atoms with Crippen LogP contribution in [0.3, 0.4) is 0 Å². The SMILES string of the molecule is Cc1cc(C(=O)Nc2cccc(OCC(=O)Nc3ccccc3)c2)no1. The molecule has 1 heterocycles. The van der Waals surface area contributed by atoms with Gasteiger partial charge in [-0.1, -0.05) is 29.4 Å².